The minimum absolute atomic E-state index is 0. The minimum atomic E-state index is 0. The molecular formula is C10H14ClN5. The van der Waals surface area contributed by atoms with Crippen LogP contribution in [0.4, 0.5) is 5.82 Å². The van der Waals surface area contributed by atoms with Crippen molar-refractivity contribution in [1.82, 2.24) is 15.0 Å². The molecule has 0 spiro atoms. The number of nitrogens with two attached hydrogens (primary N) is 1. The van der Waals surface area contributed by atoms with Crippen LogP contribution in [0.5, 0.6) is 0 Å². The maximum absolute atomic E-state index is 5.89. The highest BCUT2D eigenvalue weighted by atomic mass is 35.5. The second-order valence-electron chi connectivity index (χ2n) is 3.93. The second-order valence-corrected chi connectivity index (χ2v) is 3.93. The Morgan fingerprint density at radius 2 is 2.31 bits per heavy atom. The Balaban J connectivity index is 0.000000963. The molecule has 0 amide bonds. The van der Waals surface area contributed by atoms with E-state index >= 15 is 0 Å². The molecule has 1 aliphatic heterocycles. The third-order valence-corrected chi connectivity index (χ3v) is 2.86. The Morgan fingerprint density at radius 3 is 3.06 bits per heavy atom. The predicted octanol–water partition coefficient (Wildman–Crippen LogP) is 0.917. The first-order valence-electron chi connectivity index (χ1n) is 5.13. The average Bonchev–Trinajstić information content (AvgIpc) is 2.84. The Kier molecular flexibility index (Phi) is 2.98. The number of H-pyrrole nitrogens is 1. The van der Waals surface area contributed by atoms with Gasteiger partial charge >= 0.3 is 0 Å². The maximum Gasteiger partial charge on any atom is 0.142 e. The first-order chi connectivity index (χ1) is 7.34. The number of anilines is 1. The van der Waals surface area contributed by atoms with Gasteiger partial charge in [0.05, 0.1) is 5.39 Å². The standard InChI is InChI=1S/C10H13N5.ClH/c11-7-2-4-15(5-7)10-8-1-3-12-9(8)13-6-14-10;/h1,3,6-7H,2,4-5,11H2,(H,12,13,14);1H. The van der Waals surface area contributed by atoms with Gasteiger partial charge < -0.3 is 15.6 Å². The molecule has 2 aromatic heterocycles. The van der Waals surface area contributed by atoms with Crippen LogP contribution in [0.1, 0.15) is 6.42 Å². The van der Waals surface area contributed by atoms with Crippen molar-refractivity contribution in [2.45, 2.75) is 12.5 Å². The van der Waals surface area contributed by atoms with Crippen molar-refractivity contribution in [3.05, 3.63) is 18.6 Å². The fourth-order valence-electron chi connectivity index (χ4n) is 2.09. The summed E-state index contributed by atoms with van der Waals surface area (Å²) < 4.78 is 0. The molecule has 3 N–H and O–H groups in total. The van der Waals surface area contributed by atoms with Crippen LogP contribution in [-0.4, -0.2) is 34.1 Å². The summed E-state index contributed by atoms with van der Waals surface area (Å²) in [5.74, 6) is 0.995. The summed E-state index contributed by atoms with van der Waals surface area (Å²) >= 11 is 0. The quantitative estimate of drug-likeness (QED) is 0.776. The molecule has 16 heavy (non-hydrogen) atoms. The molecule has 0 radical (unpaired) electrons. The van der Waals surface area contributed by atoms with E-state index in [1.807, 2.05) is 12.3 Å². The van der Waals surface area contributed by atoms with Crippen LogP contribution >= 0.6 is 12.4 Å². The van der Waals surface area contributed by atoms with Crippen LogP contribution in [0, 0.1) is 0 Å². The zero-order valence-corrected chi connectivity index (χ0v) is 9.57. The van der Waals surface area contributed by atoms with E-state index in [9.17, 15) is 0 Å². The molecule has 0 saturated carbocycles. The van der Waals surface area contributed by atoms with Crippen LogP contribution in [0.2, 0.25) is 0 Å². The third-order valence-electron chi connectivity index (χ3n) is 2.86. The molecule has 0 bridgehead atoms. The number of nitrogens with zero attached hydrogens (tertiary/aromatic N) is 3. The highest BCUT2D eigenvalue weighted by molar-refractivity contribution is 5.87. The molecule has 2 aromatic rings. The van der Waals surface area contributed by atoms with Gasteiger partial charge in [0.25, 0.3) is 0 Å². The SMILES string of the molecule is Cl.NC1CCN(c2ncnc3[nH]ccc23)C1. The highest BCUT2D eigenvalue weighted by Crippen LogP contribution is 2.24. The number of fused-ring (bicyclic) bond motifs is 1. The monoisotopic (exact) mass is 239 g/mol. The van der Waals surface area contributed by atoms with Crippen LogP contribution in [-0.2, 0) is 0 Å². The smallest absolute Gasteiger partial charge is 0.142 e. The fraction of sp³-hybridized carbons (Fsp3) is 0.400. The summed E-state index contributed by atoms with van der Waals surface area (Å²) in [4.78, 5) is 13.8. The van der Waals surface area contributed by atoms with Gasteiger partial charge in [0.2, 0.25) is 0 Å². The summed E-state index contributed by atoms with van der Waals surface area (Å²) in [7, 11) is 0. The van der Waals surface area contributed by atoms with E-state index in [0.29, 0.717) is 0 Å². The molecule has 0 aromatic carbocycles. The maximum atomic E-state index is 5.89. The molecule has 1 saturated heterocycles. The van der Waals surface area contributed by atoms with Crippen molar-refractivity contribution >= 4 is 29.3 Å². The Bertz CT molecular complexity index is 483. The van der Waals surface area contributed by atoms with Crippen molar-refractivity contribution in [2.24, 2.45) is 5.73 Å². The van der Waals surface area contributed by atoms with Gasteiger partial charge in [-0.2, -0.15) is 0 Å². The molecule has 86 valence electrons. The fourth-order valence-corrected chi connectivity index (χ4v) is 2.09. The third kappa shape index (κ3) is 1.72. The molecule has 1 fully saturated rings. The van der Waals surface area contributed by atoms with Crippen molar-refractivity contribution in [3.63, 3.8) is 0 Å². The van der Waals surface area contributed by atoms with Crippen molar-refractivity contribution in [2.75, 3.05) is 18.0 Å². The molecular weight excluding hydrogens is 226 g/mol. The molecule has 1 atom stereocenters. The minimum Gasteiger partial charge on any atom is -0.354 e. The lowest BCUT2D eigenvalue weighted by atomic mass is 10.3. The van der Waals surface area contributed by atoms with Gasteiger partial charge in [-0.1, -0.05) is 0 Å². The van der Waals surface area contributed by atoms with Crippen molar-refractivity contribution in [1.29, 1.82) is 0 Å². The van der Waals surface area contributed by atoms with Crippen molar-refractivity contribution in [3.8, 4) is 0 Å². The van der Waals surface area contributed by atoms with Gasteiger partial charge in [-0.3, -0.25) is 0 Å². The van der Waals surface area contributed by atoms with E-state index in [4.69, 9.17) is 5.73 Å². The summed E-state index contributed by atoms with van der Waals surface area (Å²) in [5, 5.41) is 1.08. The number of hydrogen-bond donors (Lipinski definition) is 2. The Hall–Kier alpha value is -1.33. The van der Waals surface area contributed by atoms with Gasteiger partial charge in [0.1, 0.15) is 17.8 Å². The zero-order valence-electron chi connectivity index (χ0n) is 8.76. The first-order valence-corrected chi connectivity index (χ1v) is 5.13. The van der Waals surface area contributed by atoms with Crippen LogP contribution in [0.3, 0.4) is 0 Å². The lowest BCUT2D eigenvalue weighted by molar-refractivity contribution is 0.751. The number of nitrogens with one attached hydrogen (secondary N) is 1. The molecule has 0 aliphatic carbocycles. The van der Waals surface area contributed by atoms with E-state index in [0.717, 1.165) is 36.4 Å². The van der Waals surface area contributed by atoms with E-state index in [1.165, 1.54) is 0 Å². The Labute approximate surface area is 99.5 Å². The Morgan fingerprint density at radius 1 is 1.44 bits per heavy atom. The largest absolute Gasteiger partial charge is 0.354 e. The van der Waals surface area contributed by atoms with Gasteiger partial charge in [-0.05, 0) is 12.5 Å². The molecule has 1 aliphatic rings. The van der Waals surface area contributed by atoms with Crippen LogP contribution in [0.15, 0.2) is 18.6 Å². The normalized spacial score (nSPS) is 20.1. The number of rotatable bonds is 1. The molecule has 3 heterocycles. The van der Waals surface area contributed by atoms with E-state index in [1.54, 1.807) is 6.33 Å². The first kappa shape index (κ1) is 11.2. The summed E-state index contributed by atoms with van der Waals surface area (Å²) in [5.41, 5.74) is 6.78. The summed E-state index contributed by atoms with van der Waals surface area (Å²) in [6.45, 7) is 1.87. The topological polar surface area (TPSA) is 70.8 Å². The second kappa shape index (κ2) is 4.27. The molecule has 1 unspecified atom stereocenters. The number of halogens is 1. The highest BCUT2D eigenvalue weighted by Gasteiger charge is 2.22. The van der Waals surface area contributed by atoms with Gasteiger partial charge in [-0.15, -0.1) is 12.4 Å². The van der Waals surface area contributed by atoms with Gasteiger partial charge in [0, 0.05) is 25.3 Å². The number of aromatic nitrogens is 3. The molecule has 6 heteroatoms. The summed E-state index contributed by atoms with van der Waals surface area (Å²) in [6, 6.07) is 2.28. The average molecular weight is 240 g/mol. The predicted molar refractivity (Wildman–Crippen MR) is 65.9 cm³/mol. The molecule has 3 rings (SSSR count). The van der Waals surface area contributed by atoms with Gasteiger partial charge in [0.15, 0.2) is 0 Å². The zero-order chi connectivity index (χ0) is 10.3. The lowest BCUT2D eigenvalue weighted by Crippen LogP contribution is -2.27. The van der Waals surface area contributed by atoms with Gasteiger partial charge in [-0.25, -0.2) is 9.97 Å². The van der Waals surface area contributed by atoms with E-state index < -0.39 is 0 Å². The number of aromatic amines is 1. The summed E-state index contributed by atoms with van der Waals surface area (Å²) in [6.07, 6.45) is 4.52. The van der Waals surface area contributed by atoms with Crippen LogP contribution < -0.4 is 10.6 Å². The number of hydrogen-bond acceptors (Lipinski definition) is 4. The van der Waals surface area contributed by atoms with Crippen LogP contribution in [0.25, 0.3) is 11.0 Å². The molecule has 5 nitrogen and oxygen atoms in total. The van der Waals surface area contributed by atoms with Crippen molar-refractivity contribution < 1.29 is 0 Å². The van der Waals surface area contributed by atoms with E-state index in [2.05, 4.69) is 19.9 Å². The van der Waals surface area contributed by atoms with E-state index in [-0.39, 0.29) is 18.4 Å². The lowest BCUT2D eigenvalue weighted by Gasteiger charge is -2.16.